The summed E-state index contributed by atoms with van der Waals surface area (Å²) in [5, 5.41) is 0. The zero-order valence-electron chi connectivity index (χ0n) is 9.62. The number of halogens is 1. The van der Waals surface area contributed by atoms with E-state index < -0.39 is 0 Å². The zero-order valence-corrected chi connectivity index (χ0v) is 9.62. The summed E-state index contributed by atoms with van der Waals surface area (Å²) in [5.41, 5.74) is 1.88. The van der Waals surface area contributed by atoms with Crippen LogP contribution in [0.25, 0.3) is 5.57 Å². The van der Waals surface area contributed by atoms with Crippen molar-refractivity contribution in [3.8, 4) is 0 Å². The molecule has 0 unspecified atom stereocenters. The van der Waals surface area contributed by atoms with Crippen LogP contribution in [0.3, 0.4) is 0 Å². The molecule has 84 valence electrons. The summed E-state index contributed by atoms with van der Waals surface area (Å²) in [7, 11) is 2.13. The lowest BCUT2D eigenvalue weighted by Crippen LogP contribution is -2.31. The third kappa shape index (κ3) is 2.50. The molecule has 1 aromatic rings. The standard InChI is InChI=1S/C12H16BFN2/c1-9(10-4-6-16(13)7-5-10)12-3-2-11(14)8-15-12/h2-3,8,10H,1,4-7,13H2. The van der Waals surface area contributed by atoms with Crippen LogP contribution in [0, 0.1) is 11.7 Å². The molecule has 0 bridgehead atoms. The van der Waals surface area contributed by atoms with Crippen molar-refractivity contribution in [2.75, 3.05) is 13.1 Å². The number of pyridine rings is 1. The first kappa shape index (κ1) is 11.3. The van der Waals surface area contributed by atoms with Crippen LogP contribution in [0.5, 0.6) is 0 Å². The largest absolute Gasteiger partial charge is 0.349 e. The van der Waals surface area contributed by atoms with Gasteiger partial charge < -0.3 is 4.81 Å². The fourth-order valence-electron chi connectivity index (χ4n) is 2.13. The highest BCUT2D eigenvalue weighted by atomic mass is 19.1. The minimum atomic E-state index is -0.292. The molecule has 2 nitrogen and oxygen atoms in total. The molecule has 0 aromatic carbocycles. The molecule has 2 rings (SSSR count). The summed E-state index contributed by atoms with van der Waals surface area (Å²) in [6, 6.07) is 3.17. The van der Waals surface area contributed by atoms with Crippen molar-refractivity contribution in [3.05, 3.63) is 36.4 Å². The number of allylic oxidation sites excluding steroid dienone is 1. The van der Waals surface area contributed by atoms with Gasteiger partial charge in [0.05, 0.1) is 11.9 Å². The average molecular weight is 218 g/mol. The Morgan fingerprint density at radius 3 is 2.69 bits per heavy atom. The number of aromatic nitrogens is 1. The molecule has 2 heterocycles. The van der Waals surface area contributed by atoms with Crippen molar-refractivity contribution in [1.29, 1.82) is 0 Å². The summed E-state index contributed by atoms with van der Waals surface area (Å²) >= 11 is 0. The lowest BCUT2D eigenvalue weighted by molar-refractivity contribution is 0.325. The SMILES string of the molecule is BN1CCC(C(=C)c2ccc(F)cn2)CC1. The molecule has 1 aliphatic rings. The quantitative estimate of drug-likeness (QED) is 0.699. The Morgan fingerprint density at radius 1 is 1.44 bits per heavy atom. The van der Waals surface area contributed by atoms with Crippen LogP contribution in [0.2, 0.25) is 0 Å². The van der Waals surface area contributed by atoms with Gasteiger partial charge >= 0.3 is 0 Å². The monoisotopic (exact) mass is 218 g/mol. The van der Waals surface area contributed by atoms with Gasteiger partial charge in [-0.1, -0.05) is 6.58 Å². The van der Waals surface area contributed by atoms with Crippen molar-refractivity contribution in [2.45, 2.75) is 12.8 Å². The van der Waals surface area contributed by atoms with Gasteiger partial charge in [0, 0.05) is 0 Å². The molecule has 4 heteroatoms. The van der Waals surface area contributed by atoms with E-state index in [9.17, 15) is 4.39 Å². The Bertz CT molecular complexity index is 369. The van der Waals surface area contributed by atoms with Crippen molar-refractivity contribution >= 4 is 13.6 Å². The molecule has 1 aromatic heterocycles. The van der Waals surface area contributed by atoms with Gasteiger partial charge in [-0.25, -0.2) is 4.39 Å². The van der Waals surface area contributed by atoms with Crippen LogP contribution >= 0.6 is 0 Å². The molecule has 0 spiro atoms. The van der Waals surface area contributed by atoms with E-state index in [1.807, 2.05) is 0 Å². The molecule has 0 radical (unpaired) electrons. The highest BCUT2D eigenvalue weighted by molar-refractivity contribution is 6.04. The third-order valence-electron chi connectivity index (χ3n) is 3.27. The van der Waals surface area contributed by atoms with E-state index in [1.165, 1.54) is 12.3 Å². The molecule has 0 amide bonds. The van der Waals surface area contributed by atoms with Crippen molar-refractivity contribution in [3.63, 3.8) is 0 Å². The van der Waals surface area contributed by atoms with Crippen LogP contribution in [0.1, 0.15) is 18.5 Å². The Balaban J connectivity index is 2.05. The van der Waals surface area contributed by atoms with Gasteiger partial charge in [-0.05, 0) is 49.6 Å². The molecule has 1 fully saturated rings. The second-order valence-electron chi connectivity index (χ2n) is 4.46. The van der Waals surface area contributed by atoms with E-state index in [-0.39, 0.29) is 5.82 Å². The second-order valence-corrected chi connectivity index (χ2v) is 4.46. The van der Waals surface area contributed by atoms with Crippen LogP contribution in [-0.4, -0.2) is 30.9 Å². The van der Waals surface area contributed by atoms with E-state index in [0.717, 1.165) is 37.2 Å². The van der Waals surface area contributed by atoms with E-state index in [0.29, 0.717) is 5.92 Å². The molecule has 0 atom stereocenters. The molecule has 0 N–H and O–H groups in total. The van der Waals surface area contributed by atoms with Crippen molar-refractivity contribution in [2.24, 2.45) is 5.92 Å². The van der Waals surface area contributed by atoms with E-state index in [4.69, 9.17) is 0 Å². The number of nitrogens with zero attached hydrogens (tertiary/aromatic N) is 2. The Labute approximate surface area is 96.6 Å². The van der Waals surface area contributed by atoms with Gasteiger partial charge in [0.25, 0.3) is 0 Å². The average Bonchev–Trinajstić information content (AvgIpc) is 2.30. The second kappa shape index (κ2) is 4.79. The fourth-order valence-corrected chi connectivity index (χ4v) is 2.13. The Kier molecular flexibility index (Phi) is 3.39. The molecule has 0 saturated carbocycles. The van der Waals surface area contributed by atoms with Crippen LogP contribution in [0.4, 0.5) is 4.39 Å². The van der Waals surface area contributed by atoms with E-state index in [2.05, 4.69) is 24.4 Å². The zero-order chi connectivity index (χ0) is 11.5. The number of hydrogen-bond donors (Lipinski definition) is 0. The van der Waals surface area contributed by atoms with Crippen LogP contribution in [0.15, 0.2) is 24.9 Å². The van der Waals surface area contributed by atoms with Gasteiger partial charge in [-0.2, -0.15) is 0 Å². The lowest BCUT2D eigenvalue weighted by atomic mass is 9.87. The van der Waals surface area contributed by atoms with Gasteiger partial charge in [0.1, 0.15) is 5.82 Å². The topological polar surface area (TPSA) is 16.1 Å². The minimum absolute atomic E-state index is 0.292. The van der Waals surface area contributed by atoms with E-state index >= 15 is 0 Å². The minimum Gasteiger partial charge on any atom is -0.349 e. The molecular weight excluding hydrogens is 202 g/mol. The first-order valence-electron chi connectivity index (χ1n) is 5.66. The summed E-state index contributed by atoms with van der Waals surface area (Å²) in [4.78, 5) is 6.41. The maximum absolute atomic E-state index is 12.7. The maximum atomic E-state index is 12.7. The third-order valence-corrected chi connectivity index (χ3v) is 3.27. The highest BCUT2D eigenvalue weighted by Gasteiger charge is 2.20. The smallest absolute Gasteiger partial charge is 0.185 e. The number of rotatable bonds is 2. The molecule has 1 aliphatic heterocycles. The molecule has 0 aliphatic carbocycles. The van der Waals surface area contributed by atoms with Gasteiger partial charge in [0.15, 0.2) is 7.98 Å². The summed E-state index contributed by atoms with van der Waals surface area (Å²) in [6.45, 7) is 6.30. The number of hydrogen-bond acceptors (Lipinski definition) is 2. The lowest BCUT2D eigenvalue weighted by Gasteiger charge is -2.30. The van der Waals surface area contributed by atoms with Gasteiger partial charge in [0.2, 0.25) is 0 Å². The predicted molar refractivity (Wildman–Crippen MR) is 66.1 cm³/mol. The summed E-state index contributed by atoms with van der Waals surface area (Å²) in [5.74, 6) is 0.203. The first-order valence-corrected chi connectivity index (χ1v) is 5.66. The Hall–Kier alpha value is -1.16. The number of piperidine rings is 1. The van der Waals surface area contributed by atoms with Crippen molar-refractivity contribution < 1.29 is 4.39 Å². The summed E-state index contributed by atoms with van der Waals surface area (Å²) < 4.78 is 12.7. The molecule has 16 heavy (non-hydrogen) atoms. The molecular formula is C12H16BFN2. The fraction of sp³-hybridized carbons (Fsp3) is 0.417. The van der Waals surface area contributed by atoms with Crippen LogP contribution < -0.4 is 0 Å². The predicted octanol–water partition coefficient (Wildman–Crippen LogP) is 1.49. The first-order chi connectivity index (χ1) is 7.66. The van der Waals surface area contributed by atoms with Crippen LogP contribution in [-0.2, 0) is 0 Å². The normalized spacial score (nSPS) is 18.6. The van der Waals surface area contributed by atoms with Crippen molar-refractivity contribution in [1.82, 2.24) is 9.79 Å². The van der Waals surface area contributed by atoms with Gasteiger partial charge in [-0.3, -0.25) is 4.98 Å². The molecule has 1 saturated heterocycles. The van der Waals surface area contributed by atoms with Gasteiger partial charge in [-0.15, -0.1) is 0 Å². The Morgan fingerprint density at radius 2 is 2.12 bits per heavy atom. The van der Waals surface area contributed by atoms with E-state index in [1.54, 1.807) is 6.07 Å². The summed E-state index contributed by atoms with van der Waals surface area (Å²) in [6.07, 6.45) is 3.50. The maximum Gasteiger partial charge on any atom is 0.185 e. The highest BCUT2D eigenvalue weighted by Crippen LogP contribution is 2.28.